The molecule has 0 aliphatic heterocycles. The Morgan fingerprint density at radius 1 is 1.09 bits per heavy atom. The van der Waals surface area contributed by atoms with Crippen molar-refractivity contribution in [1.82, 2.24) is 0 Å². The van der Waals surface area contributed by atoms with E-state index in [9.17, 15) is 14.7 Å². The number of para-hydroxylation sites is 1. The van der Waals surface area contributed by atoms with Gasteiger partial charge in [-0.05, 0) is 25.1 Å². The van der Waals surface area contributed by atoms with E-state index < -0.39 is 5.97 Å². The average Bonchev–Trinajstić information content (AvgIpc) is 2.46. The number of hydrogen-bond donors (Lipinski definition) is 1. The van der Waals surface area contributed by atoms with Crippen molar-refractivity contribution in [2.24, 2.45) is 0 Å². The molecule has 4 nitrogen and oxygen atoms in total. The first-order valence-corrected chi connectivity index (χ1v) is 6.43. The van der Waals surface area contributed by atoms with Gasteiger partial charge in [0.05, 0.1) is 5.39 Å². The van der Waals surface area contributed by atoms with Gasteiger partial charge in [0, 0.05) is 11.6 Å². The Morgan fingerprint density at radius 2 is 1.82 bits per heavy atom. The number of aryl methyl sites for hydroxylation is 1. The molecule has 1 N–H and O–H groups in total. The standard InChI is InChI=1S/C17H12O4.ClH/c1-10-4-2-5-11(8-10)15-9-14(18)12-6-3-7-13(17(19)20)16(12)21-15;/h2-9H,1H3,(H,19,20);1H. The SMILES string of the molecule is Cc1cccc(-c2cc(=O)c3cccc(C(=O)O)c3o2)c1.Cl. The molecule has 0 saturated carbocycles. The van der Waals surface area contributed by atoms with Crippen molar-refractivity contribution in [2.45, 2.75) is 6.92 Å². The van der Waals surface area contributed by atoms with E-state index in [0.29, 0.717) is 5.76 Å². The minimum Gasteiger partial charge on any atom is -0.478 e. The van der Waals surface area contributed by atoms with Crippen molar-refractivity contribution in [3.63, 3.8) is 0 Å². The lowest BCUT2D eigenvalue weighted by atomic mass is 10.1. The molecule has 2 aromatic carbocycles. The summed E-state index contributed by atoms with van der Waals surface area (Å²) in [4.78, 5) is 23.4. The molecule has 0 fully saturated rings. The van der Waals surface area contributed by atoms with E-state index in [1.165, 1.54) is 18.2 Å². The third kappa shape index (κ3) is 2.73. The highest BCUT2D eigenvalue weighted by Gasteiger charge is 2.14. The van der Waals surface area contributed by atoms with E-state index in [4.69, 9.17) is 4.42 Å². The molecule has 0 aliphatic carbocycles. The molecule has 0 aliphatic rings. The van der Waals surface area contributed by atoms with Crippen LogP contribution in [-0.4, -0.2) is 11.1 Å². The first-order valence-electron chi connectivity index (χ1n) is 6.43. The second-order valence-electron chi connectivity index (χ2n) is 4.83. The molecule has 22 heavy (non-hydrogen) atoms. The molecule has 1 aromatic heterocycles. The average molecular weight is 317 g/mol. The van der Waals surface area contributed by atoms with Crippen LogP contribution < -0.4 is 5.43 Å². The molecule has 0 bridgehead atoms. The van der Waals surface area contributed by atoms with Crippen LogP contribution in [0.2, 0.25) is 0 Å². The van der Waals surface area contributed by atoms with Gasteiger partial charge in [-0.25, -0.2) is 4.79 Å². The van der Waals surface area contributed by atoms with E-state index in [1.807, 2.05) is 31.2 Å². The molecule has 3 rings (SSSR count). The highest BCUT2D eigenvalue weighted by Crippen LogP contribution is 2.24. The van der Waals surface area contributed by atoms with Crippen molar-refractivity contribution < 1.29 is 14.3 Å². The monoisotopic (exact) mass is 316 g/mol. The van der Waals surface area contributed by atoms with Crippen LogP contribution in [0.15, 0.2) is 57.7 Å². The van der Waals surface area contributed by atoms with Crippen LogP contribution in [-0.2, 0) is 0 Å². The van der Waals surface area contributed by atoms with Crippen molar-refractivity contribution >= 4 is 29.3 Å². The summed E-state index contributed by atoms with van der Waals surface area (Å²) in [5.41, 5.74) is 1.61. The lowest BCUT2D eigenvalue weighted by Crippen LogP contribution is -2.05. The number of aromatic carboxylic acids is 1. The van der Waals surface area contributed by atoms with Crippen LogP contribution in [0.1, 0.15) is 15.9 Å². The molecule has 0 radical (unpaired) electrons. The Hall–Kier alpha value is -2.59. The van der Waals surface area contributed by atoms with E-state index in [2.05, 4.69) is 0 Å². The predicted octanol–water partition coefficient (Wildman–Crippen LogP) is 3.89. The number of carboxylic acids is 1. The van der Waals surface area contributed by atoms with Gasteiger partial charge in [0.25, 0.3) is 0 Å². The highest BCUT2D eigenvalue weighted by atomic mass is 35.5. The zero-order chi connectivity index (χ0) is 15.0. The second-order valence-corrected chi connectivity index (χ2v) is 4.83. The molecule has 5 heteroatoms. The zero-order valence-electron chi connectivity index (χ0n) is 11.7. The summed E-state index contributed by atoms with van der Waals surface area (Å²) in [6.07, 6.45) is 0. The number of carboxylic acid groups (broad SMARTS) is 1. The Bertz CT molecular complexity index is 912. The smallest absolute Gasteiger partial charge is 0.339 e. The van der Waals surface area contributed by atoms with Crippen molar-refractivity contribution in [2.75, 3.05) is 0 Å². The minimum absolute atomic E-state index is 0. The molecule has 0 atom stereocenters. The summed E-state index contributed by atoms with van der Waals surface area (Å²) in [6.45, 7) is 1.94. The quantitative estimate of drug-likeness (QED) is 0.779. The Morgan fingerprint density at radius 3 is 2.50 bits per heavy atom. The Kier molecular flexibility index (Phi) is 4.33. The second kappa shape index (κ2) is 6.03. The molecule has 112 valence electrons. The van der Waals surface area contributed by atoms with Crippen LogP contribution in [0.4, 0.5) is 0 Å². The van der Waals surface area contributed by atoms with Gasteiger partial charge >= 0.3 is 5.97 Å². The van der Waals surface area contributed by atoms with E-state index in [1.54, 1.807) is 6.07 Å². The van der Waals surface area contributed by atoms with Crippen LogP contribution in [0.25, 0.3) is 22.3 Å². The van der Waals surface area contributed by atoms with E-state index >= 15 is 0 Å². The van der Waals surface area contributed by atoms with Gasteiger partial charge in [0.2, 0.25) is 0 Å². The molecule has 0 saturated heterocycles. The lowest BCUT2D eigenvalue weighted by molar-refractivity contribution is 0.0698. The maximum atomic E-state index is 12.2. The molecule has 0 spiro atoms. The number of carbonyl (C=O) groups is 1. The molecular formula is C17H13ClO4. The number of benzene rings is 2. The summed E-state index contributed by atoms with van der Waals surface area (Å²) in [5, 5.41) is 9.49. The summed E-state index contributed by atoms with van der Waals surface area (Å²) in [7, 11) is 0. The number of fused-ring (bicyclic) bond motifs is 1. The summed E-state index contributed by atoms with van der Waals surface area (Å²) < 4.78 is 5.70. The van der Waals surface area contributed by atoms with E-state index in [-0.39, 0.29) is 34.4 Å². The molecule has 0 amide bonds. The molecule has 0 unspecified atom stereocenters. The summed E-state index contributed by atoms with van der Waals surface area (Å²) >= 11 is 0. The molecular weight excluding hydrogens is 304 g/mol. The predicted molar refractivity (Wildman–Crippen MR) is 86.9 cm³/mol. The van der Waals surface area contributed by atoms with E-state index in [0.717, 1.165) is 11.1 Å². The fourth-order valence-corrected chi connectivity index (χ4v) is 2.29. The lowest BCUT2D eigenvalue weighted by Gasteiger charge is -2.06. The maximum absolute atomic E-state index is 12.2. The molecule has 3 aromatic rings. The number of halogens is 1. The van der Waals surface area contributed by atoms with Gasteiger partial charge in [0.1, 0.15) is 11.3 Å². The van der Waals surface area contributed by atoms with Crippen LogP contribution in [0, 0.1) is 6.92 Å². The topological polar surface area (TPSA) is 67.5 Å². The fraction of sp³-hybridized carbons (Fsp3) is 0.0588. The highest BCUT2D eigenvalue weighted by molar-refractivity contribution is 6.01. The molecule has 1 heterocycles. The van der Waals surface area contributed by atoms with Crippen molar-refractivity contribution in [1.29, 1.82) is 0 Å². The zero-order valence-corrected chi connectivity index (χ0v) is 12.5. The summed E-state index contributed by atoms with van der Waals surface area (Å²) in [6, 6.07) is 13.4. The van der Waals surface area contributed by atoms with Gasteiger partial charge < -0.3 is 9.52 Å². The first kappa shape index (κ1) is 15.8. The Labute approximate surface area is 132 Å². The minimum atomic E-state index is -1.12. The van der Waals surface area contributed by atoms with Crippen LogP contribution >= 0.6 is 12.4 Å². The maximum Gasteiger partial charge on any atom is 0.339 e. The Balaban J connectivity index is 0.00000176. The normalized spacial score (nSPS) is 10.2. The summed E-state index contributed by atoms with van der Waals surface area (Å²) in [5.74, 6) is -0.755. The largest absolute Gasteiger partial charge is 0.478 e. The van der Waals surface area contributed by atoms with Crippen LogP contribution in [0.5, 0.6) is 0 Å². The van der Waals surface area contributed by atoms with Gasteiger partial charge in [0.15, 0.2) is 11.0 Å². The number of rotatable bonds is 2. The third-order valence-electron chi connectivity index (χ3n) is 3.29. The van der Waals surface area contributed by atoms with Crippen LogP contribution in [0.3, 0.4) is 0 Å². The van der Waals surface area contributed by atoms with Crippen molar-refractivity contribution in [3.8, 4) is 11.3 Å². The number of hydrogen-bond acceptors (Lipinski definition) is 3. The van der Waals surface area contributed by atoms with Gasteiger partial charge in [-0.15, -0.1) is 12.4 Å². The first-order chi connectivity index (χ1) is 10.1. The van der Waals surface area contributed by atoms with Gasteiger partial charge in [-0.1, -0.05) is 29.8 Å². The third-order valence-corrected chi connectivity index (χ3v) is 3.29. The van der Waals surface area contributed by atoms with Gasteiger partial charge in [-0.2, -0.15) is 0 Å². The van der Waals surface area contributed by atoms with Crippen molar-refractivity contribution in [3.05, 3.63) is 69.9 Å². The fourth-order valence-electron chi connectivity index (χ4n) is 2.29. The van der Waals surface area contributed by atoms with Gasteiger partial charge in [-0.3, -0.25) is 4.79 Å².